The van der Waals surface area contributed by atoms with Gasteiger partial charge in [0.2, 0.25) is 5.91 Å². The first-order valence-electron chi connectivity index (χ1n) is 7.62. The molecule has 0 saturated heterocycles. The zero-order chi connectivity index (χ0) is 16.7. The Morgan fingerprint density at radius 1 is 1.26 bits per heavy atom. The van der Waals surface area contributed by atoms with Crippen LogP contribution in [0.25, 0.3) is 0 Å². The molecule has 0 N–H and O–H groups in total. The minimum Gasteiger partial charge on any atom is -0.472 e. The molecule has 0 radical (unpaired) electrons. The van der Waals surface area contributed by atoms with E-state index < -0.39 is 12.3 Å². The lowest BCUT2D eigenvalue weighted by molar-refractivity contribution is -0.117. The van der Waals surface area contributed by atoms with E-state index in [1.54, 1.807) is 17.9 Å². The van der Waals surface area contributed by atoms with Crippen LogP contribution >= 0.6 is 0 Å². The highest BCUT2D eigenvalue weighted by Gasteiger charge is 2.49. The Balaban J connectivity index is 2.21. The SMILES string of the molecule is C=CCN1c2ccccc2N(C(C)=O)[C@H]2C(C(C)=O)=C(C)O[C@@H]21. The van der Waals surface area contributed by atoms with Gasteiger partial charge in [-0.25, -0.2) is 0 Å². The minimum atomic E-state index is -0.431. The molecular formula is C18H20N2O3. The summed E-state index contributed by atoms with van der Waals surface area (Å²) in [5.74, 6) is 0.405. The van der Waals surface area contributed by atoms with Crippen LogP contribution in [0.4, 0.5) is 11.4 Å². The molecule has 0 spiro atoms. The van der Waals surface area contributed by atoms with Crippen LogP contribution in [0.3, 0.4) is 0 Å². The van der Waals surface area contributed by atoms with E-state index in [4.69, 9.17) is 4.74 Å². The fraction of sp³-hybridized carbons (Fsp3) is 0.333. The molecule has 0 aromatic heterocycles. The summed E-state index contributed by atoms with van der Waals surface area (Å²) in [5, 5.41) is 0. The van der Waals surface area contributed by atoms with Gasteiger partial charge in [0.25, 0.3) is 0 Å². The zero-order valence-electron chi connectivity index (χ0n) is 13.6. The van der Waals surface area contributed by atoms with E-state index in [9.17, 15) is 9.59 Å². The van der Waals surface area contributed by atoms with Gasteiger partial charge >= 0.3 is 0 Å². The number of carbonyl (C=O) groups excluding carboxylic acids is 2. The van der Waals surface area contributed by atoms with E-state index in [1.165, 1.54) is 13.8 Å². The number of benzene rings is 1. The third-order valence-corrected chi connectivity index (χ3v) is 4.32. The molecule has 2 atom stereocenters. The number of amides is 1. The van der Waals surface area contributed by atoms with Crippen molar-refractivity contribution in [2.24, 2.45) is 0 Å². The quantitative estimate of drug-likeness (QED) is 0.805. The van der Waals surface area contributed by atoms with Crippen molar-refractivity contribution in [1.82, 2.24) is 0 Å². The summed E-state index contributed by atoms with van der Waals surface area (Å²) in [6, 6.07) is 7.24. The van der Waals surface area contributed by atoms with E-state index in [-0.39, 0.29) is 11.7 Å². The number of hydrogen-bond donors (Lipinski definition) is 0. The predicted molar refractivity (Wildman–Crippen MR) is 89.2 cm³/mol. The van der Waals surface area contributed by atoms with Gasteiger partial charge < -0.3 is 9.64 Å². The molecule has 2 aliphatic rings. The molecule has 0 saturated carbocycles. The van der Waals surface area contributed by atoms with Crippen molar-refractivity contribution in [1.29, 1.82) is 0 Å². The van der Waals surface area contributed by atoms with Crippen LogP contribution in [0.1, 0.15) is 20.8 Å². The maximum absolute atomic E-state index is 12.3. The van der Waals surface area contributed by atoms with Gasteiger partial charge in [0.1, 0.15) is 11.8 Å². The van der Waals surface area contributed by atoms with Crippen LogP contribution < -0.4 is 9.80 Å². The Morgan fingerprint density at radius 2 is 1.91 bits per heavy atom. The van der Waals surface area contributed by atoms with Gasteiger partial charge in [0.05, 0.1) is 16.9 Å². The maximum Gasteiger partial charge on any atom is 0.224 e. The number of fused-ring (bicyclic) bond motifs is 2. The summed E-state index contributed by atoms with van der Waals surface area (Å²) in [5.41, 5.74) is 2.26. The number of Topliss-reactive ketones (excluding diaryl/α,β-unsaturated/α-hetero) is 1. The molecular weight excluding hydrogens is 292 g/mol. The number of para-hydroxylation sites is 2. The van der Waals surface area contributed by atoms with Crippen LogP contribution in [-0.2, 0) is 14.3 Å². The summed E-state index contributed by atoms with van der Waals surface area (Å²) >= 11 is 0. The van der Waals surface area contributed by atoms with Crippen LogP contribution in [-0.4, -0.2) is 30.5 Å². The van der Waals surface area contributed by atoms with Crippen molar-refractivity contribution in [3.05, 3.63) is 48.3 Å². The number of ether oxygens (including phenoxy) is 1. The molecule has 120 valence electrons. The molecule has 3 rings (SSSR count). The first kappa shape index (κ1) is 15.3. The van der Waals surface area contributed by atoms with Crippen molar-refractivity contribution in [2.75, 3.05) is 16.3 Å². The van der Waals surface area contributed by atoms with Gasteiger partial charge in [0.15, 0.2) is 12.0 Å². The number of anilines is 2. The average Bonchev–Trinajstić information content (AvgIpc) is 2.83. The molecule has 2 aliphatic heterocycles. The van der Waals surface area contributed by atoms with Crippen molar-refractivity contribution < 1.29 is 14.3 Å². The first-order valence-corrected chi connectivity index (χ1v) is 7.62. The minimum absolute atomic E-state index is 0.0702. The molecule has 1 aromatic rings. The largest absolute Gasteiger partial charge is 0.472 e. The highest BCUT2D eigenvalue weighted by molar-refractivity contribution is 6.03. The lowest BCUT2D eigenvalue weighted by Crippen LogP contribution is -2.57. The topological polar surface area (TPSA) is 49.9 Å². The Bertz CT molecular complexity index is 723. The van der Waals surface area contributed by atoms with Crippen molar-refractivity contribution in [3.8, 4) is 0 Å². The zero-order valence-corrected chi connectivity index (χ0v) is 13.6. The molecule has 0 bridgehead atoms. The Labute approximate surface area is 135 Å². The Morgan fingerprint density at radius 3 is 2.48 bits per heavy atom. The van der Waals surface area contributed by atoms with Gasteiger partial charge in [-0.05, 0) is 26.0 Å². The molecule has 5 nitrogen and oxygen atoms in total. The predicted octanol–water partition coefficient (Wildman–Crippen LogP) is 2.63. The smallest absolute Gasteiger partial charge is 0.224 e. The number of ketones is 1. The molecule has 5 heteroatoms. The van der Waals surface area contributed by atoms with E-state index in [0.717, 1.165) is 11.4 Å². The van der Waals surface area contributed by atoms with Gasteiger partial charge in [-0.2, -0.15) is 0 Å². The molecule has 0 unspecified atom stereocenters. The van der Waals surface area contributed by atoms with Crippen molar-refractivity contribution >= 4 is 23.1 Å². The van der Waals surface area contributed by atoms with Gasteiger partial charge in [-0.1, -0.05) is 18.2 Å². The maximum atomic E-state index is 12.3. The number of allylic oxidation sites excluding steroid dienone is 1. The van der Waals surface area contributed by atoms with Crippen LogP contribution in [0, 0.1) is 0 Å². The molecule has 1 amide bonds. The number of hydrogen-bond acceptors (Lipinski definition) is 4. The second-order valence-electron chi connectivity index (χ2n) is 5.80. The first-order chi connectivity index (χ1) is 11.0. The van der Waals surface area contributed by atoms with Crippen LogP contribution in [0.5, 0.6) is 0 Å². The van der Waals surface area contributed by atoms with Crippen LogP contribution in [0.15, 0.2) is 48.3 Å². The van der Waals surface area contributed by atoms with Gasteiger partial charge in [-0.3, -0.25) is 14.5 Å². The second-order valence-corrected chi connectivity index (χ2v) is 5.80. The molecule has 1 aromatic carbocycles. The number of carbonyl (C=O) groups is 2. The standard InChI is InChI=1S/C18H20N2O3/c1-5-10-19-14-8-6-7-9-15(14)20(13(4)22)17-16(11(2)21)12(3)23-18(17)19/h5-9,17-18H,1,10H2,2-4H3/t17-,18-/m0/s1. The third kappa shape index (κ3) is 2.23. The summed E-state index contributed by atoms with van der Waals surface area (Å²) in [4.78, 5) is 28.2. The fourth-order valence-corrected chi connectivity index (χ4v) is 3.51. The summed E-state index contributed by atoms with van der Waals surface area (Å²) in [7, 11) is 0. The number of nitrogens with zero attached hydrogens (tertiary/aromatic N) is 2. The summed E-state index contributed by atoms with van der Waals surface area (Å²) in [6.07, 6.45) is 1.38. The van der Waals surface area contributed by atoms with E-state index in [2.05, 4.69) is 6.58 Å². The summed E-state index contributed by atoms with van der Waals surface area (Å²) in [6.45, 7) is 9.20. The molecule has 2 heterocycles. The third-order valence-electron chi connectivity index (χ3n) is 4.32. The van der Waals surface area contributed by atoms with Crippen LogP contribution in [0.2, 0.25) is 0 Å². The lowest BCUT2D eigenvalue weighted by Gasteiger charge is -2.45. The monoisotopic (exact) mass is 312 g/mol. The normalized spacial score (nSPS) is 22.4. The van der Waals surface area contributed by atoms with E-state index >= 15 is 0 Å². The summed E-state index contributed by atoms with van der Waals surface area (Å²) < 4.78 is 5.98. The Hall–Kier alpha value is -2.56. The fourth-order valence-electron chi connectivity index (χ4n) is 3.51. The highest BCUT2D eigenvalue weighted by Crippen LogP contribution is 2.44. The highest BCUT2D eigenvalue weighted by atomic mass is 16.5. The average molecular weight is 312 g/mol. The Kier molecular flexibility index (Phi) is 3.72. The van der Waals surface area contributed by atoms with E-state index in [0.29, 0.717) is 17.9 Å². The van der Waals surface area contributed by atoms with Crippen molar-refractivity contribution in [3.63, 3.8) is 0 Å². The van der Waals surface area contributed by atoms with Gasteiger partial charge in [-0.15, -0.1) is 6.58 Å². The second kappa shape index (κ2) is 5.57. The molecule has 0 aliphatic carbocycles. The molecule has 0 fully saturated rings. The molecule has 23 heavy (non-hydrogen) atoms. The number of rotatable bonds is 3. The van der Waals surface area contributed by atoms with Gasteiger partial charge in [0, 0.05) is 13.5 Å². The van der Waals surface area contributed by atoms with Crippen molar-refractivity contribution in [2.45, 2.75) is 33.0 Å². The van der Waals surface area contributed by atoms with E-state index in [1.807, 2.05) is 29.2 Å². The lowest BCUT2D eigenvalue weighted by atomic mass is 9.96.